The predicted octanol–water partition coefficient (Wildman–Crippen LogP) is 2.23. The molecule has 0 spiro atoms. The Morgan fingerprint density at radius 1 is 1.07 bits per heavy atom. The molecule has 78 valence electrons. The molecule has 0 fully saturated rings. The van der Waals surface area contributed by atoms with Crippen molar-refractivity contribution in [2.75, 3.05) is 18.0 Å². The zero-order valence-corrected chi connectivity index (χ0v) is 10.9. The topological polar surface area (TPSA) is 3.24 Å². The Labute approximate surface area is 89.4 Å². The van der Waals surface area contributed by atoms with Crippen LogP contribution in [-0.4, -0.2) is 21.9 Å². The number of hydrogen-bond donors (Lipinski definition) is 0. The maximum absolute atomic E-state index is 2.45. The third-order valence-electron chi connectivity index (χ3n) is 2.66. The van der Waals surface area contributed by atoms with Gasteiger partial charge in [-0.2, -0.15) is 0 Å². The second-order valence-electron chi connectivity index (χ2n) is 3.89. The van der Waals surface area contributed by atoms with Gasteiger partial charge in [0.05, 0.1) is 8.80 Å². The van der Waals surface area contributed by atoms with Gasteiger partial charge in [0.1, 0.15) is 0 Å². The van der Waals surface area contributed by atoms with E-state index in [4.69, 9.17) is 0 Å². The van der Waals surface area contributed by atoms with Gasteiger partial charge in [-0.05, 0) is 25.1 Å². The summed E-state index contributed by atoms with van der Waals surface area (Å²) in [6.45, 7) is 11.4. The first-order valence-corrected chi connectivity index (χ1v) is 8.43. The number of hydrogen-bond acceptors (Lipinski definition) is 1. The number of rotatable bonds is 4. The Bertz CT molecular complexity index is 279. The van der Waals surface area contributed by atoms with Crippen LogP contribution in [0.1, 0.15) is 13.8 Å². The molecule has 1 aromatic carbocycles. The fraction of sp³-hybridized carbons (Fsp3) is 0.500. The van der Waals surface area contributed by atoms with Gasteiger partial charge in [-0.3, -0.25) is 0 Å². The van der Waals surface area contributed by atoms with Crippen LogP contribution < -0.4 is 10.1 Å². The maximum Gasteiger partial charge on any atom is 0.0674 e. The van der Waals surface area contributed by atoms with Crippen LogP contribution in [0.5, 0.6) is 0 Å². The summed E-state index contributed by atoms with van der Waals surface area (Å²) in [5.41, 5.74) is 1.46. The Hall–Kier alpha value is -0.763. The molecule has 0 aliphatic heterocycles. The average molecular weight is 207 g/mol. The van der Waals surface area contributed by atoms with Crippen LogP contribution in [0.25, 0.3) is 0 Å². The summed E-state index contributed by atoms with van der Waals surface area (Å²) in [6.07, 6.45) is 0. The minimum Gasteiger partial charge on any atom is -0.372 e. The van der Waals surface area contributed by atoms with Gasteiger partial charge in [-0.1, -0.05) is 31.3 Å². The summed E-state index contributed by atoms with van der Waals surface area (Å²) < 4.78 is 0. The fourth-order valence-corrected chi connectivity index (χ4v) is 3.19. The Balaban J connectivity index is 3.05. The molecule has 0 saturated heterocycles. The van der Waals surface area contributed by atoms with Crippen LogP contribution >= 0.6 is 0 Å². The van der Waals surface area contributed by atoms with E-state index >= 15 is 0 Å². The minimum absolute atomic E-state index is 0.694. The van der Waals surface area contributed by atoms with E-state index in [9.17, 15) is 0 Å². The standard InChI is InChI=1S/C12H21NSi/c1-5-13(6-2)11-9-7-8-10-12(11)14(3)4/h7-10,14H,5-6H2,1-4H3. The van der Waals surface area contributed by atoms with E-state index in [0.717, 1.165) is 13.1 Å². The molecule has 1 nitrogen and oxygen atoms in total. The number of benzene rings is 1. The highest BCUT2D eigenvalue weighted by molar-refractivity contribution is 6.72. The van der Waals surface area contributed by atoms with Gasteiger partial charge in [0.2, 0.25) is 0 Å². The predicted molar refractivity (Wildman–Crippen MR) is 68.5 cm³/mol. The third kappa shape index (κ3) is 2.38. The zero-order valence-electron chi connectivity index (χ0n) is 9.75. The molecule has 0 N–H and O–H groups in total. The van der Waals surface area contributed by atoms with Crippen molar-refractivity contribution < 1.29 is 0 Å². The molecule has 14 heavy (non-hydrogen) atoms. The minimum atomic E-state index is -0.694. The Kier molecular flexibility index (Phi) is 4.20. The molecule has 0 saturated carbocycles. The smallest absolute Gasteiger partial charge is 0.0674 e. The lowest BCUT2D eigenvalue weighted by Crippen LogP contribution is -2.33. The normalized spacial score (nSPS) is 10.6. The van der Waals surface area contributed by atoms with Gasteiger partial charge in [0.25, 0.3) is 0 Å². The van der Waals surface area contributed by atoms with Crippen molar-refractivity contribution >= 4 is 19.7 Å². The van der Waals surface area contributed by atoms with Crippen LogP contribution in [0.4, 0.5) is 5.69 Å². The molecule has 0 bridgehead atoms. The zero-order chi connectivity index (χ0) is 10.6. The van der Waals surface area contributed by atoms with Crippen LogP contribution in [-0.2, 0) is 0 Å². The van der Waals surface area contributed by atoms with Gasteiger partial charge in [-0.25, -0.2) is 0 Å². The van der Waals surface area contributed by atoms with Crippen molar-refractivity contribution in [3.05, 3.63) is 24.3 Å². The second-order valence-corrected chi connectivity index (χ2v) is 6.82. The molecule has 1 aromatic rings. The van der Waals surface area contributed by atoms with Crippen LogP contribution in [0.3, 0.4) is 0 Å². The lowest BCUT2D eigenvalue weighted by molar-refractivity contribution is 0.869. The van der Waals surface area contributed by atoms with E-state index in [-0.39, 0.29) is 0 Å². The molecule has 0 aromatic heterocycles. The fourth-order valence-electron chi connectivity index (χ4n) is 1.83. The first-order chi connectivity index (χ1) is 6.70. The number of nitrogens with zero attached hydrogens (tertiary/aromatic N) is 1. The van der Waals surface area contributed by atoms with Crippen molar-refractivity contribution in [3.63, 3.8) is 0 Å². The van der Waals surface area contributed by atoms with Crippen molar-refractivity contribution in [1.29, 1.82) is 0 Å². The highest BCUT2D eigenvalue weighted by atomic mass is 28.3. The summed E-state index contributed by atoms with van der Waals surface area (Å²) in [5, 5.41) is 1.59. The van der Waals surface area contributed by atoms with Crippen LogP contribution in [0, 0.1) is 0 Å². The van der Waals surface area contributed by atoms with E-state index in [1.807, 2.05) is 0 Å². The van der Waals surface area contributed by atoms with Gasteiger partial charge in [0.15, 0.2) is 0 Å². The first-order valence-electron chi connectivity index (χ1n) is 5.54. The molecule has 1 rings (SSSR count). The quantitative estimate of drug-likeness (QED) is 0.684. The van der Waals surface area contributed by atoms with Gasteiger partial charge < -0.3 is 4.90 Å². The Morgan fingerprint density at radius 2 is 1.64 bits per heavy atom. The number of anilines is 1. The molecular weight excluding hydrogens is 186 g/mol. The highest BCUT2D eigenvalue weighted by Gasteiger charge is 2.10. The SMILES string of the molecule is CCN(CC)c1ccccc1[SiH](C)C. The van der Waals surface area contributed by atoms with Gasteiger partial charge >= 0.3 is 0 Å². The van der Waals surface area contributed by atoms with Crippen LogP contribution in [0.15, 0.2) is 24.3 Å². The molecule has 0 atom stereocenters. The lowest BCUT2D eigenvalue weighted by Gasteiger charge is -2.25. The number of para-hydroxylation sites is 1. The van der Waals surface area contributed by atoms with Crippen molar-refractivity contribution in [2.24, 2.45) is 0 Å². The van der Waals surface area contributed by atoms with E-state index in [1.165, 1.54) is 5.69 Å². The Morgan fingerprint density at radius 3 is 2.14 bits per heavy atom. The molecule has 0 heterocycles. The van der Waals surface area contributed by atoms with Crippen molar-refractivity contribution in [1.82, 2.24) is 0 Å². The van der Waals surface area contributed by atoms with Gasteiger partial charge in [-0.15, -0.1) is 0 Å². The van der Waals surface area contributed by atoms with Crippen molar-refractivity contribution in [2.45, 2.75) is 26.9 Å². The summed E-state index contributed by atoms with van der Waals surface area (Å²) in [5.74, 6) is 0. The second kappa shape index (κ2) is 5.20. The first kappa shape index (κ1) is 11.3. The van der Waals surface area contributed by atoms with Crippen molar-refractivity contribution in [3.8, 4) is 0 Å². The molecule has 0 radical (unpaired) electrons. The summed E-state index contributed by atoms with van der Waals surface area (Å²) in [4.78, 5) is 2.45. The van der Waals surface area contributed by atoms with E-state index < -0.39 is 8.80 Å². The molecule has 0 unspecified atom stereocenters. The molecule has 0 aliphatic carbocycles. The van der Waals surface area contributed by atoms with Gasteiger partial charge in [0, 0.05) is 18.8 Å². The average Bonchev–Trinajstić information content (AvgIpc) is 2.20. The largest absolute Gasteiger partial charge is 0.372 e. The van der Waals surface area contributed by atoms with Crippen LogP contribution in [0.2, 0.25) is 13.1 Å². The molecule has 0 aliphatic rings. The molecule has 2 heteroatoms. The highest BCUT2D eigenvalue weighted by Crippen LogP contribution is 2.11. The lowest BCUT2D eigenvalue weighted by atomic mass is 10.3. The monoisotopic (exact) mass is 207 g/mol. The maximum atomic E-state index is 2.45. The van der Waals surface area contributed by atoms with E-state index in [2.05, 4.69) is 56.1 Å². The third-order valence-corrected chi connectivity index (χ3v) is 4.40. The molecule has 0 amide bonds. The van der Waals surface area contributed by atoms with E-state index in [1.54, 1.807) is 5.19 Å². The summed E-state index contributed by atoms with van der Waals surface area (Å²) in [6, 6.07) is 8.86. The molecular formula is C12H21NSi. The van der Waals surface area contributed by atoms with E-state index in [0.29, 0.717) is 0 Å². The summed E-state index contributed by atoms with van der Waals surface area (Å²) >= 11 is 0. The summed E-state index contributed by atoms with van der Waals surface area (Å²) in [7, 11) is -0.694.